The van der Waals surface area contributed by atoms with Gasteiger partial charge in [-0.05, 0) is 42.0 Å². The van der Waals surface area contributed by atoms with Crippen molar-refractivity contribution in [2.75, 3.05) is 0 Å². The van der Waals surface area contributed by atoms with Crippen LogP contribution >= 0.6 is 11.3 Å². The Balaban J connectivity index is 2.26. The molecular formula is C15H18N2O2S. The van der Waals surface area contributed by atoms with Crippen LogP contribution in [-0.2, 0) is 9.59 Å². The molecule has 2 N–H and O–H groups in total. The Morgan fingerprint density at radius 3 is 2.85 bits per heavy atom. The van der Waals surface area contributed by atoms with Crippen LogP contribution < -0.4 is 5.73 Å². The van der Waals surface area contributed by atoms with Crippen molar-refractivity contribution < 1.29 is 9.59 Å². The van der Waals surface area contributed by atoms with Crippen molar-refractivity contribution in [1.82, 2.24) is 4.90 Å². The van der Waals surface area contributed by atoms with Gasteiger partial charge in [-0.15, -0.1) is 11.3 Å². The highest BCUT2D eigenvalue weighted by Crippen LogP contribution is 2.26. The molecule has 1 aromatic rings. The summed E-state index contributed by atoms with van der Waals surface area (Å²) in [7, 11) is 0. The van der Waals surface area contributed by atoms with Gasteiger partial charge in [0.05, 0.1) is 0 Å². The molecule has 0 saturated heterocycles. The maximum atomic E-state index is 12.1. The average molecular weight is 290 g/mol. The fourth-order valence-electron chi connectivity index (χ4n) is 2.19. The van der Waals surface area contributed by atoms with Gasteiger partial charge in [0.25, 0.3) is 0 Å². The minimum absolute atomic E-state index is 0.102. The van der Waals surface area contributed by atoms with Crippen LogP contribution in [0.25, 0.3) is 5.57 Å². The molecule has 5 heteroatoms. The monoisotopic (exact) mass is 290 g/mol. The Labute approximate surface area is 122 Å². The number of thiophene rings is 1. The highest BCUT2D eigenvalue weighted by molar-refractivity contribution is 7.11. The third kappa shape index (κ3) is 2.99. The molecule has 1 aromatic heterocycles. The van der Waals surface area contributed by atoms with Crippen molar-refractivity contribution in [3.05, 3.63) is 40.2 Å². The second-order valence-electron chi connectivity index (χ2n) is 4.80. The summed E-state index contributed by atoms with van der Waals surface area (Å²) < 4.78 is 0. The second kappa shape index (κ2) is 6.05. The Kier molecular flexibility index (Phi) is 4.39. The lowest BCUT2D eigenvalue weighted by Gasteiger charge is -2.24. The van der Waals surface area contributed by atoms with Gasteiger partial charge in [-0.2, -0.15) is 0 Å². The highest BCUT2D eigenvalue weighted by atomic mass is 32.1. The smallest absolute Gasteiger partial charge is 0.240 e. The van der Waals surface area contributed by atoms with Gasteiger partial charge < -0.3 is 10.6 Å². The van der Waals surface area contributed by atoms with E-state index in [-0.39, 0.29) is 12.3 Å². The van der Waals surface area contributed by atoms with Crippen LogP contribution in [0.2, 0.25) is 0 Å². The summed E-state index contributed by atoms with van der Waals surface area (Å²) in [4.78, 5) is 26.1. The van der Waals surface area contributed by atoms with E-state index in [4.69, 9.17) is 5.73 Å². The number of amides is 2. The number of carbonyl (C=O) groups excluding carboxylic acids is 2. The first kappa shape index (κ1) is 14.5. The molecule has 0 radical (unpaired) electrons. The molecule has 1 aliphatic rings. The maximum absolute atomic E-state index is 12.1. The third-order valence-electron chi connectivity index (χ3n) is 3.27. The van der Waals surface area contributed by atoms with E-state index in [2.05, 4.69) is 11.4 Å². The van der Waals surface area contributed by atoms with E-state index in [1.165, 1.54) is 10.5 Å². The van der Waals surface area contributed by atoms with E-state index in [9.17, 15) is 9.59 Å². The molecule has 0 aromatic carbocycles. The second-order valence-corrected chi connectivity index (χ2v) is 5.71. The van der Waals surface area contributed by atoms with Gasteiger partial charge in [-0.25, -0.2) is 0 Å². The SMILES string of the molecule is CCC(C(N)=O)N1C=CC(c2cc(C)cs2)=CCC1=O. The van der Waals surface area contributed by atoms with Crippen molar-refractivity contribution in [1.29, 1.82) is 0 Å². The van der Waals surface area contributed by atoms with Crippen molar-refractivity contribution in [2.45, 2.75) is 32.7 Å². The molecule has 2 amide bonds. The minimum atomic E-state index is -0.573. The van der Waals surface area contributed by atoms with E-state index in [1.807, 2.05) is 26.0 Å². The summed E-state index contributed by atoms with van der Waals surface area (Å²) in [6.07, 6.45) is 6.25. The van der Waals surface area contributed by atoms with Gasteiger partial charge in [0.1, 0.15) is 6.04 Å². The lowest BCUT2D eigenvalue weighted by atomic mass is 10.1. The molecule has 106 valence electrons. The predicted octanol–water partition coefficient (Wildman–Crippen LogP) is 2.45. The first-order valence-electron chi connectivity index (χ1n) is 6.57. The van der Waals surface area contributed by atoms with Crippen LogP contribution in [0, 0.1) is 6.92 Å². The van der Waals surface area contributed by atoms with Gasteiger partial charge in [-0.3, -0.25) is 9.59 Å². The van der Waals surface area contributed by atoms with Crippen LogP contribution in [0.3, 0.4) is 0 Å². The summed E-state index contributed by atoms with van der Waals surface area (Å²) in [6.45, 7) is 3.89. The zero-order chi connectivity index (χ0) is 14.7. The molecule has 20 heavy (non-hydrogen) atoms. The molecule has 4 nitrogen and oxygen atoms in total. The van der Waals surface area contributed by atoms with Crippen LogP contribution in [-0.4, -0.2) is 22.8 Å². The summed E-state index contributed by atoms with van der Waals surface area (Å²) in [5, 5.41) is 2.08. The first-order chi connectivity index (χ1) is 9.52. The van der Waals surface area contributed by atoms with Crippen molar-refractivity contribution in [2.24, 2.45) is 5.73 Å². The normalized spacial score (nSPS) is 16.8. The highest BCUT2D eigenvalue weighted by Gasteiger charge is 2.25. The fourth-order valence-corrected chi connectivity index (χ4v) is 3.11. The summed E-state index contributed by atoms with van der Waals surface area (Å²) in [5.74, 6) is -0.573. The minimum Gasteiger partial charge on any atom is -0.368 e. The third-order valence-corrected chi connectivity index (χ3v) is 4.36. The van der Waals surface area contributed by atoms with Crippen molar-refractivity contribution in [3.63, 3.8) is 0 Å². The molecule has 1 aliphatic heterocycles. The van der Waals surface area contributed by atoms with E-state index in [0.29, 0.717) is 6.42 Å². The molecular weight excluding hydrogens is 272 g/mol. The van der Waals surface area contributed by atoms with Crippen LogP contribution in [0.15, 0.2) is 29.8 Å². The average Bonchev–Trinajstić information content (AvgIpc) is 2.74. The van der Waals surface area contributed by atoms with Crippen LogP contribution in [0.1, 0.15) is 30.2 Å². The lowest BCUT2D eigenvalue weighted by Crippen LogP contribution is -2.44. The Morgan fingerprint density at radius 2 is 2.30 bits per heavy atom. The number of hydrogen-bond acceptors (Lipinski definition) is 3. The van der Waals surface area contributed by atoms with Crippen molar-refractivity contribution >= 4 is 28.7 Å². The molecule has 1 atom stereocenters. The van der Waals surface area contributed by atoms with E-state index < -0.39 is 11.9 Å². The fraction of sp³-hybridized carbons (Fsp3) is 0.333. The number of rotatable bonds is 4. The summed E-state index contributed by atoms with van der Waals surface area (Å²) >= 11 is 1.65. The predicted molar refractivity (Wildman–Crippen MR) is 80.9 cm³/mol. The number of carbonyl (C=O) groups is 2. The van der Waals surface area contributed by atoms with E-state index in [0.717, 1.165) is 10.5 Å². The molecule has 2 rings (SSSR count). The van der Waals surface area contributed by atoms with Gasteiger partial charge in [-0.1, -0.05) is 13.0 Å². The molecule has 0 fully saturated rings. The van der Waals surface area contributed by atoms with E-state index in [1.54, 1.807) is 17.5 Å². The lowest BCUT2D eigenvalue weighted by molar-refractivity contribution is -0.135. The molecule has 1 unspecified atom stereocenters. The van der Waals surface area contributed by atoms with Gasteiger partial charge in [0, 0.05) is 17.5 Å². The Hall–Kier alpha value is -1.88. The number of nitrogens with zero attached hydrogens (tertiary/aromatic N) is 1. The van der Waals surface area contributed by atoms with Gasteiger partial charge >= 0.3 is 0 Å². The molecule has 0 bridgehead atoms. The maximum Gasteiger partial charge on any atom is 0.240 e. The standard InChI is InChI=1S/C15H18N2O2S/c1-3-12(15(16)19)17-7-6-11(4-5-14(17)18)13-8-10(2)9-20-13/h4,6-9,12H,3,5H2,1-2H3,(H2,16,19). The number of aryl methyl sites for hydroxylation is 1. The Bertz CT molecular complexity index is 586. The van der Waals surface area contributed by atoms with Crippen LogP contribution in [0.4, 0.5) is 0 Å². The largest absolute Gasteiger partial charge is 0.368 e. The topological polar surface area (TPSA) is 63.4 Å². The molecule has 0 aliphatic carbocycles. The van der Waals surface area contributed by atoms with Crippen molar-refractivity contribution in [3.8, 4) is 0 Å². The number of hydrogen-bond donors (Lipinski definition) is 1. The summed E-state index contributed by atoms with van der Waals surface area (Å²) in [6, 6.07) is 1.52. The molecule has 0 spiro atoms. The number of allylic oxidation sites excluding steroid dienone is 2. The van der Waals surface area contributed by atoms with Gasteiger partial charge in [0.15, 0.2) is 0 Å². The quantitative estimate of drug-likeness (QED) is 0.925. The van der Waals surface area contributed by atoms with E-state index >= 15 is 0 Å². The van der Waals surface area contributed by atoms with Gasteiger partial charge in [0.2, 0.25) is 11.8 Å². The zero-order valence-corrected chi connectivity index (χ0v) is 12.4. The zero-order valence-electron chi connectivity index (χ0n) is 11.6. The first-order valence-corrected chi connectivity index (χ1v) is 7.45. The summed E-state index contributed by atoms with van der Waals surface area (Å²) in [5.41, 5.74) is 7.58. The van der Waals surface area contributed by atoms with Crippen LogP contribution in [0.5, 0.6) is 0 Å². The Morgan fingerprint density at radius 1 is 1.55 bits per heavy atom. The number of nitrogens with two attached hydrogens (primary N) is 1. The number of primary amides is 1. The molecule has 2 heterocycles. The molecule has 0 saturated carbocycles.